The zero-order valence-electron chi connectivity index (χ0n) is 16.4. The summed E-state index contributed by atoms with van der Waals surface area (Å²) in [6.45, 7) is 14.4. The second-order valence-corrected chi connectivity index (χ2v) is 7.53. The van der Waals surface area contributed by atoms with E-state index < -0.39 is 0 Å². The molecule has 5 nitrogen and oxygen atoms in total. The van der Waals surface area contributed by atoms with E-state index >= 15 is 0 Å². The van der Waals surface area contributed by atoms with Gasteiger partial charge in [-0.15, -0.1) is 35.3 Å². The molecule has 1 aliphatic heterocycles. The van der Waals surface area contributed by atoms with Crippen LogP contribution in [0.25, 0.3) is 0 Å². The number of halogens is 1. The molecule has 0 spiro atoms. The number of likely N-dealkylation sites (N-methyl/N-ethyl adjacent to an activating group) is 1. The molecule has 26 heavy (non-hydrogen) atoms. The molecule has 1 aromatic heterocycles. The van der Waals surface area contributed by atoms with E-state index in [0.29, 0.717) is 0 Å². The molecule has 2 rings (SSSR count). The largest absolute Gasteiger partial charge is 0.357 e. The van der Waals surface area contributed by atoms with Crippen molar-refractivity contribution in [1.82, 2.24) is 20.4 Å². The van der Waals surface area contributed by atoms with Gasteiger partial charge in [-0.05, 0) is 50.7 Å². The summed E-state index contributed by atoms with van der Waals surface area (Å²) in [6, 6.07) is 4.30. The van der Waals surface area contributed by atoms with E-state index in [4.69, 9.17) is 4.99 Å². The number of hydrogen-bond acceptors (Lipinski definition) is 4. The maximum Gasteiger partial charge on any atom is 0.191 e. The molecule has 0 unspecified atom stereocenters. The molecule has 7 heteroatoms. The topological polar surface area (TPSA) is 42.9 Å². The Morgan fingerprint density at radius 1 is 1.12 bits per heavy atom. The van der Waals surface area contributed by atoms with Gasteiger partial charge in [0.25, 0.3) is 0 Å². The molecule has 0 amide bonds. The first-order valence-corrected chi connectivity index (χ1v) is 10.7. The van der Waals surface area contributed by atoms with Crippen LogP contribution in [0.2, 0.25) is 0 Å². The van der Waals surface area contributed by atoms with Crippen molar-refractivity contribution in [3.8, 4) is 0 Å². The summed E-state index contributed by atoms with van der Waals surface area (Å²) in [5.41, 5.74) is 0. The molecule has 0 radical (unpaired) electrons. The zero-order valence-corrected chi connectivity index (χ0v) is 19.5. The minimum atomic E-state index is 0. The number of nitrogens with zero attached hydrogens (tertiary/aromatic N) is 3. The first kappa shape index (κ1) is 23.7. The molecule has 2 N–H and O–H groups in total. The van der Waals surface area contributed by atoms with Crippen molar-refractivity contribution in [1.29, 1.82) is 0 Å². The monoisotopic (exact) mass is 493 g/mol. The normalized spacial score (nSPS) is 16.3. The quantitative estimate of drug-likeness (QED) is 0.228. The third-order valence-corrected chi connectivity index (χ3v) is 5.59. The van der Waals surface area contributed by atoms with Gasteiger partial charge in [-0.2, -0.15) is 0 Å². The van der Waals surface area contributed by atoms with E-state index in [1.54, 1.807) is 0 Å². The number of rotatable bonds is 10. The van der Waals surface area contributed by atoms with Crippen molar-refractivity contribution in [3.05, 3.63) is 22.4 Å². The van der Waals surface area contributed by atoms with Gasteiger partial charge in [-0.25, -0.2) is 0 Å². The Morgan fingerprint density at radius 3 is 2.54 bits per heavy atom. The number of hydrogen-bond donors (Lipinski definition) is 2. The van der Waals surface area contributed by atoms with Crippen LogP contribution in [0.5, 0.6) is 0 Å². The predicted octanol–water partition coefficient (Wildman–Crippen LogP) is 2.88. The van der Waals surface area contributed by atoms with Crippen LogP contribution in [0, 0.1) is 0 Å². The Hall–Kier alpha value is -0.380. The summed E-state index contributed by atoms with van der Waals surface area (Å²) in [6.07, 6.45) is 3.46. The molecule has 0 atom stereocenters. The van der Waals surface area contributed by atoms with Crippen LogP contribution in [0.3, 0.4) is 0 Å². The van der Waals surface area contributed by atoms with Crippen molar-refractivity contribution < 1.29 is 0 Å². The van der Waals surface area contributed by atoms with Crippen LogP contribution >= 0.6 is 35.3 Å². The standard InChI is InChI=1S/C19H35N5S.HI/c1-3-20-19(22-11-9-18-8-7-17-25-18)21-10-5-6-12-24-15-13-23(4-2)14-16-24;/h7-8,17H,3-6,9-16H2,1-2H3,(H2,20,21,22);1H. The van der Waals surface area contributed by atoms with Gasteiger partial charge < -0.3 is 20.4 Å². The van der Waals surface area contributed by atoms with Crippen LogP contribution in [-0.2, 0) is 6.42 Å². The minimum absolute atomic E-state index is 0. The lowest BCUT2D eigenvalue weighted by atomic mass is 10.2. The number of aliphatic imine (C=N–C) groups is 1. The predicted molar refractivity (Wildman–Crippen MR) is 125 cm³/mol. The van der Waals surface area contributed by atoms with Gasteiger partial charge in [0.1, 0.15) is 0 Å². The Bertz CT molecular complexity index is 472. The van der Waals surface area contributed by atoms with Gasteiger partial charge in [-0.1, -0.05) is 13.0 Å². The van der Waals surface area contributed by atoms with E-state index in [2.05, 4.69) is 51.8 Å². The van der Waals surface area contributed by atoms with Crippen molar-refractivity contribution in [2.45, 2.75) is 33.1 Å². The van der Waals surface area contributed by atoms with Crippen molar-refractivity contribution >= 4 is 41.3 Å². The van der Waals surface area contributed by atoms with Gasteiger partial charge in [0.15, 0.2) is 5.96 Å². The van der Waals surface area contributed by atoms with E-state index in [1.807, 2.05) is 11.3 Å². The van der Waals surface area contributed by atoms with Gasteiger partial charge >= 0.3 is 0 Å². The lowest BCUT2D eigenvalue weighted by Crippen LogP contribution is -2.46. The molecule has 1 aromatic rings. The van der Waals surface area contributed by atoms with Crippen LogP contribution in [-0.4, -0.2) is 74.7 Å². The molecule has 0 saturated carbocycles. The molecule has 0 aliphatic carbocycles. The number of piperazine rings is 1. The highest BCUT2D eigenvalue weighted by Crippen LogP contribution is 2.08. The van der Waals surface area contributed by atoms with Gasteiger partial charge in [0, 0.05) is 50.7 Å². The highest BCUT2D eigenvalue weighted by molar-refractivity contribution is 14.0. The summed E-state index contributed by atoms with van der Waals surface area (Å²) in [7, 11) is 0. The summed E-state index contributed by atoms with van der Waals surface area (Å²) in [5, 5.41) is 8.92. The smallest absolute Gasteiger partial charge is 0.191 e. The summed E-state index contributed by atoms with van der Waals surface area (Å²) >= 11 is 1.82. The van der Waals surface area contributed by atoms with E-state index in [9.17, 15) is 0 Å². The van der Waals surface area contributed by atoms with Crippen molar-refractivity contribution in [3.63, 3.8) is 0 Å². The number of thiophene rings is 1. The Labute approximate surface area is 180 Å². The van der Waals surface area contributed by atoms with Gasteiger partial charge in [0.05, 0.1) is 0 Å². The lowest BCUT2D eigenvalue weighted by Gasteiger charge is -2.33. The Balaban J connectivity index is 0.00000338. The minimum Gasteiger partial charge on any atom is -0.357 e. The van der Waals surface area contributed by atoms with Gasteiger partial charge in [-0.3, -0.25) is 4.99 Å². The van der Waals surface area contributed by atoms with E-state index in [-0.39, 0.29) is 24.0 Å². The fourth-order valence-corrected chi connectivity index (χ4v) is 3.78. The first-order valence-electron chi connectivity index (χ1n) is 9.81. The molecule has 1 saturated heterocycles. The third-order valence-electron chi connectivity index (χ3n) is 4.65. The van der Waals surface area contributed by atoms with Gasteiger partial charge in [0.2, 0.25) is 0 Å². The van der Waals surface area contributed by atoms with Crippen LogP contribution in [0.15, 0.2) is 22.5 Å². The highest BCUT2D eigenvalue weighted by atomic mass is 127. The first-order chi connectivity index (χ1) is 12.3. The molecule has 150 valence electrons. The second-order valence-electron chi connectivity index (χ2n) is 6.50. The van der Waals surface area contributed by atoms with Crippen molar-refractivity contribution in [2.75, 3.05) is 58.9 Å². The fourth-order valence-electron chi connectivity index (χ4n) is 3.07. The summed E-state index contributed by atoms with van der Waals surface area (Å²) in [4.78, 5) is 11.3. The second kappa shape index (κ2) is 14.6. The zero-order chi connectivity index (χ0) is 17.7. The SMILES string of the molecule is CCNC(=NCCCCN1CCN(CC)CC1)NCCc1cccs1.I. The molecular formula is C19H36IN5S. The maximum atomic E-state index is 4.71. The highest BCUT2D eigenvalue weighted by Gasteiger charge is 2.14. The Morgan fingerprint density at radius 2 is 1.88 bits per heavy atom. The van der Waals surface area contributed by atoms with Crippen LogP contribution in [0.1, 0.15) is 31.6 Å². The average Bonchev–Trinajstić information content (AvgIpc) is 3.15. The summed E-state index contributed by atoms with van der Waals surface area (Å²) < 4.78 is 0. The summed E-state index contributed by atoms with van der Waals surface area (Å²) in [5.74, 6) is 0.954. The average molecular weight is 494 g/mol. The van der Waals surface area contributed by atoms with E-state index in [0.717, 1.165) is 38.4 Å². The van der Waals surface area contributed by atoms with E-state index in [1.165, 1.54) is 50.6 Å². The number of nitrogens with one attached hydrogen (secondary N) is 2. The molecule has 0 bridgehead atoms. The number of unbranched alkanes of at least 4 members (excludes halogenated alkanes) is 1. The molecule has 1 fully saturated rings. The number of guanidine groups is 1. The maximum absolute atomic E-state index is 4.71. The molecule has 1 aliphatic rings. The van der Waals surface area contributed by atoms with Crippen LogP contribution in [0.4, 0.5) is 0 Å². The fraction of sp³-hybridized carbons (Fsp3) is 0.737. The van der Waals surface area contributed by atoms with Crippen LogP contribution < -0.4 is 10.6 Å². The third kappa shape index (κ3) is 9.53. The van der Waals surface area contributed by atoms with Crippen molar-refractivity contribution in [2.24, 2.45) is 4.99 Å². The lowest BCUT2D eigenvalue weighted by molar-refractivity contribution is 0.136. The molecule has 2 heterocycles. The molecular weight excluding hydrogens is 457 g/mol. The Kier molecular flexibility index (Phi) is 13.3. The molecule has 0 aromatic carbocycles.